The van der Waals surface area contributed by atoms with Gasteiger partial charge in [-0.1, -0.05) is 85.6 Å². The molecule has 14 aromatic rings. The Morgan fingerprint density at radius 2 is 0.910 bits per heavy atom. The molecule has 1 aromatic carbocycles. The molecule has 144 heavy (non-hydrogen) atoms. The number of fused-ring (bicyclic) bond motifs is 6. The summed E-state index contributed by atoms with van der Waals surface area (Å²) in [7, 11) is -4.67. The molecule has 45 heteroatoms. The first-order chi connectivity index (χ1) is 68.2. The molecule has 0 aliphatic heterocycles. The maximum Gasteiger partial charge on any atom is 0.412 e. The lowest BCUT2D eigenvalue weighted by Gasteiger charge is -2.20. The van der Waals surface area contributed by atoms with Crippen molar-refractivity contribution in [1.82, 2.24) is 62.7 Å². The predicted molar refractivity (Wildman–Crippen MR) is 558 cm³/mol. The van der Waals surface area contributed by atoms with Crippen LogP contribution in [0.2, 0.25) is 0 Å². The van der Waals surface area contributed by atoms with Crippen LogP contribution < -0.4 is 21.8 Å². The lowest BCUT2D eigenvalue weighted by atomic mass is 10.1. The van der Waals surface area contributed by atoms with E-state index in [9.17, 15) is 54.2 Å². The molecule has 0 bridgehead atoms. The minimum Gasteiger partial charge on any atom is -0.478 e. The fourth-order valence-electron chi connectivity index (χ4n) is 14.5. The standard InChI is InChI=1S/C15H18N2O2.C14H15BrN2O2.C12H11BrN2O2.C11H10BrN3O.C11H12BrN3.C11H11BrN2.C11H16N2O2.C8H10O2.C6H5N3O5.H2O4S/c1-4-19-15(18)13-12-7-9(2)10(3)8-17(12)16-14(13)11-5-6-11;1-3-19-14(18)12-11-6-10(15)8(2)7-17(11)16-13(12)9-4-5-9;1-6-5-15-9(4-8(6)13)10(12(16)17)11(14-15)7-2-3-7;1-6-5-15-9(4-8(6)12)11(14-16)10(13-15)7-2-3-7;1-6-5-15-9(4-8(6)12)10(13)11(14-15)7-2-3-7;1-7-6-14-9(4-10(7)12)5-11(13-14)8-2-3-8;1-8-7-12-6-5-9(8)13-10(14)15-11(2,3)4;1-2-10-8(9)6-5-7-3-4-7;7-14-6-2-1-4(8(10)11)3-5(6)9(12)13;1-5(2,3)4/h7-8,11H,4-6H2,1-3H3;6-7,9H,3-5H2,1-2H3;4-5,7H,2-3H2,1H3,(H,16,17);4-5,7H,2-3H2,1H3;4-5,7H,2-3,13H2,1H3;4-6,8H,2-3H2,1H3;5-7H,1-4H3,(H,12,13,14);7H,2-4H2,1H3;1-3H,7H2;(H2,1,2,3,4). The van der Waals surface area contributed by atoms with Crippen molar-refractivity contribution in [2.75, 3.05) is 30.9 Å². The maximum atomic E-state index is 12.2. The molecule has 13 heterocycles. The van der Waals surface area contributed by atoms with E-state index in [1.165, 1.54) is 59.1 Å². The molecule has 0 spiro atoms. The Hall–Kier alpha value is -12.6. The number of aromatic nitrogens is 13. The summed E-state index contributed by atoms with van der Waals surface area (Å²) in [6.07, 6.45) is 30.8. The summed E-state index contributed by atoms with van der Waals surface area (Å²) in [4.78, 5) is 95.9. The van der Waals surface area contributed by atoms with Crippen molar-refractivity contribution >= 4 is 182 Å². The molecular weight excluding hydrogens is 2210 g/mol. The van der Waals surface area contributed by atoms with E-state index < -0.39 is 55.3 Å². The van der Waals surface area contributed by atoms with Crippen molar-refractivity contribution in [2.45, 2.75) is 228 Å². The van der Waals surface area contributed by atoms with Gasteiger partial charge in [-0.25, -0.2) is 51.1 Å². The van der Waals surface area contributed by atoms with Crippen LogP contribution in [-0.4, -0.2) is 151 Å². The van der Waals surface area contributed by atoms with Crippen LogP contribution in [0, 0.1) is 98.3 Å². The highest BCUT2D eigenvalue weighted by atomic mass is 79.9. The first kappa shape index (κ1) is 110. The Balaban J connectivity index is 0.000000144. The minimum atomic E-state index is -4.67. The summed E-state index contributed by atoms with van der Waals surface area (Å²) < 4.78 is 67.7. The normalized spacial score (nSPS) is 14.3. The van der Waals surface area contributed by atoms with Gasteiger partial charge in [0.1, 0.15) is 22.3 Å². The largest absolute Gasteiger partial charge is 0.478 e. The summed E-state index contributed by atoms with van der Waals surface area (Å²) in [5.74, 6) is 11.4. The van der Waals surface area contributed by atoms with Crippen molar-refractivity contribution in [3.63, 3.8) is 0 Å². The number of nitro benzene ring substituents is 2. The average Bonchev–Trinajstić information content (AvgIpc) is 1.61. The van der Waals surface area contributed by atoms with Gasteiger partial charge in [-0.05, 0) is 291 Å². The second-order valence-electron chi connectivity index (χ2n) is 36.4. The molecule has 762 valence electrons. The summed E-state index contributed by atoms with van der Waals surface area (Å²) in [6, 6.07) is 18.7. The summed E-state index contributed by atoms with van der Waals surface area (Å²) >= 11 is 17.4. The molecule has 0 atom stereocenters. The van der Waals surface area contributed by atoms with E-state index in [2.05, 4.69) is 186 Å². The maximum absolute atomic E-state index is 12.2. The van der Waals surface area contributed by atoms with Gasteiger partial charge in [0.15, 0.2) is 5.69 Å². The van der Waals surface area contributed by atoms with Crippen molar-refractivity contribution in [2.24, 2.45) is 17.0 Å². The van der Waals surface area contributed by atoms with E-state index in [1.54, 1.807) is 38.9 Å². The molecule has 0 unspecified atom stereocenters. The lowest BCUT2D eigenvalue weighted by Crippen LogP contribution is -2.27. The number of benzene rings is 1. The molecule has 39 nitrogen and oxygen atoms in total. The lowest BCUT2D eigenvalue weighted by molar-refractivity contribution is -0.394. The number of hydrogen-bond donors (Lipinski definition) is 6. The number of non-ortho nitro benzene ring substituents is 1. The number of nitrogens with one attached hydrogen (secondary N) is 1. The first-order valence-corrected chi connectivity index (χ1v) is 51.7. The number of carbonyl (C=O) groups is 5. The number of hydrogen-bond acceptors (Lipinski definition) is 27. The third kappa shape index (κ3) is 29.9. The third-order valence-electron chi connectivity index (χ3n) is 23.2. The number of carboxylic acid groups (broad SMARTS) is 1. The predicted octanol–water partition coefficient (Wildman–Crippen LogP) is 23.1. The van der Waals surface area contributed by atoms with Gasteiger partial charge in [0.25, 0.3) is 5.69 Å². The highest BCUT2D eigenvalue weighted by Crippen LogP contribution is 2.49. The molecule has 8 N–H and O–H groups in total. The summed E-state index contributed by atoms with van der Waals surface area (Å²) in [6.45, 7) is 28.2. The van der Waals surface area contributed by atoms with Gasteiger partial charge >= 0.3 is 46.1 Å². The van der Waals surface area contributed by atoms with E-state index in [4.69, 9.17) is 43.4 Å². The molecule has 0 radical (unpaired) electrons. The van der Waals surface area contributed by atoms with E-state index in [-0.39, 0.29) is 17.7 Å². The number of carbonyl (C=O) groups excluding carboxylic acids is 4. The fraction of sp³-hybridized carbons (Fsp3) is 0.394. The van der Waals surface area contributed by atoms with Gasteiger partial charge in [-0.15, -0.1) is 4.91 Å². The minimum absolute atomic E-state index is 0.222. The molecule has 13 aromatic heterocycles. The Morgan fingerprint density at radius 3 is 1.34 bits per heavy atom. The topological polar surface area (TPSA) is 523 Å². The van der Waals surface area contributed by atoms with Gasteiger partial charge in [0, 0.05) is 131 Å². The zero-order valence-corrected chi connectivity index (χ0v) is 90.2. The molecule has 7 fully saturated rings. The summed E-state index contributed by atoms with van der Waals surface area (Å²) in [5, 5.41) is 63.0. The van der Waals surface area contributed by atoms with Crippen molar-refractivity contribution < 1.29 is 80.2 Å². The van der Waals surface area contributed by atoms with E-state index >= 15 is 0 Å². The molecule has 7 saturated carbocycles. The number of esters is 3. The quantitative estimate of drug-likeness (QED) is 0.00720. The second-order valence-corrected chi connectivity index (χ2v) is 41.5. The molecule has 1 amide bonds. The van der Waals surface area contributed by atoms with Crippen LogP contribution >= 0.6 is 79.6 Å². The van der Waals surface area contributed by atoms with Crippen molar-refractivity contribution in [3.05, 3.63) is 259 Å². The fourth-order valence-corrected chi connectivity index (χ4v) is 16.2. The number of carboxylic acids is 1. The van der Waals surface area contributed by atoms with Gasteiger partial charge in [0.05, 0.1) is 109 Å². The Labute approximate surface area is 870 Å². The number of nitro groups is 2. The number of aromatic carboxylic acids is 1. The van der Waals surface area contributed by atoms with E-state index in [0.29, 0.717) is 83.2 Å². The molecule has 21 rings (SSSR count). The first-order valence-electron chi connectivity index (χ1n) is 46.3. The van der Waals surface area contributed by atoms with Crippen LogP contribution in [0.1, 0.15) is 277 Å². The Morgan fingerprint density at radius 1 is 0.507 bits per heavy atom. The number of nitrogens with two attached hydrogens (primary N) is 2. The number of nitroso groups, excluding NO2 is 1. The number of pyridine rings is 7. The zero-order valence-electron chi connectivity index (χ0n) is 81.4. The van der Waals surface area contributed by atoms with Gasteiger partial charge in [0.2, 0.25) is 5.75 Å². The number of anilines is 2. The number of nitrogens with zero attached hydrogens (tertiary/aromatic N) is 16. The smallest absolute Gasteiger partial charge is 0.412 e. The van der Waals surface area contributed by atoms with Crippen LogP contribution in [-0.2, 0) is 34.1 Å². The van der Waals surface area contributed by atoms with Crippen LogP contribution in [0.4, 0.5) is 33.2 Å². The molecular formula is C99H110Br5N19O20S. The number of amides is 1. The van der Waals surface area contributed by atoms with Crippen LogP contribution in [0.5, 0.6) is 5.75 Å². The van der Waals surface area contributed by atoms with Crippen LogP contribution in [0.15, 0.2) is 144 Å². The number of ether oxygens (including phenoxy) is 4. The number of halogens is 5. The second kappa shape index (κ2) is 48.0. The third-order valence-corrected chi connectivity index (χ3v) is 27.5. The average molecular weight is 2320 g/mol. The Bertz CT molecular complexity index is 7250. The number of nitrogen functional groups attached to an aromatic ring is 1. The van der Waals surface area contributed by atoms with Crippen molar-refractivity contribution in [3.8, 4) is 17.6 Å². The number of rotatable bonds is 17. The van der Waals surface area contributed by atoms with Crippen LogP contribution in [0.25, 0.3) is 33.1 Å². The Kier molecular flexibility index (Phi) is 36.7. The molecule has 0 saturated heterocycles. The summed E-state index contributed by atoms with van der Waals surface area (Å²) in [5.41, 5.74) is 28.3. The van der Waals surface area contributed by atoms with E-state index in [0.717, 1.165) is 195 Å². The van der Waals surface area contributed by atoms with Gasteiger partial charge < -0.3 is 34.6 Å². The molecule has 7 aliphatic carbocycles. The van der Waals surface area contributed by atoms with Crippen molar-refractivity contribution in [1.29, 1.82) is 0 Å². The van der Waals surface area contributed by atoms with Gasteiger partial charge in [-0.2, -0.15) is 44.9 Å². The number of aryl methyl sites for hydroxylation is 8. The monoisotopic (exact) mass is 2310 g/mol. The SMILES string of the molecule is CCOC(=O)C#CC1CC1.CCOC(=O)c1c(C2CC2)nn2cc(C)c(Br)cc12.CCOC(=O)c1c(C2CC2)nn2cc(C)c(C)cc12.Cc1cn2nc(C3CC3)c(C(=O)O)c2cc1Br.Cc1cn2nc(C3CC3)c(N)c2cc1Br.Cc1cn2nc(C3CC3)c(N=O)c2cc1Br.Cc1cn2nc(C3CC3)cc2cc1Br.Cc1cnccc1NC(=O)OC(C)(C)C.NOc1ccc([N+](=O)[O-])cc1[N+](=O)[O-].O=S(=O)(O)O. The van der Waals surface area contributed by atoms with Gasteiger partial charge in [-0.3, -0.25) is 39.6 Å². The molecule has 7 aliphatic rings. The highest BCUT2D eigenvalue weighted by Gasteiger charge is 2.38. The highest BCUT2D eigenvalue weighted by molar-refractivity contribution is 9.11. The van der Waals surface area contributed by atoms with Crippen LogP contribution in [0.3, 0.4) is 0 Å². The zero-order chi connectivity index (χ0) is 105. The van der Waals surface area contributed by atoms with E-state index in [1.807, 2.05) is 144 Å².